The Hall–Kier alpha value is -1.46. The minimum absolute atomic E-state index is 0.0383. The van der Waals surface area contributed by atoms with Crippen LogP contribution in [0.3, 0.4) is 0 Å². The van der Waals surface area contributed by atoms with Gasteiger partial charge in [0.25, 0.3) is 0 Å². The summed E-state index contributed by atoms with van der Waals surface area (Å²) < 4.78 is 12.0. The van der Waals surface area contributed by atoms with Crippen LogP contribution in [0, 0.1) is 0 Å². The lowest BCUT2D eigenvalue weighted by molar-refractivity contribution is -0.102. The van der Waals surface area contributed by atoms with E-state index in [9.17, 15) is 4.79 Å². The summed E-state index contributed by atoms with van der Waals surface area (Å²) >= 11 is 0. The van der Waals surface area contributed by atoms with Gasteiger partial charge in [0.15, 0.2) is 14.6 Å². The maximum Gasteiger partial charge on any atom is 0.192 e. The molecule has 0 amide bonds. The van der Waals surface area contributed by atoms with E-state index in [1.165, 1.54) is 6.21 Å². The third-order valence-corrected chi connectivity index (χ3v) is 9.36. The highest BCUT2D eigenvalue weighted by atomic mass is 28.4. The van der Waals surface area contributed by atoms with Crippen molar-refractivity contribution in [1.29, 1.82) is 0 Å². The topological polar surface area (TPSA) is 47.9 Å². The molecule has 0 aliphatic carbocycles. The van der Waals surface area contributed by atoms with Crippen molar-refractivity contribution in [3.63, 3.8) is 0 Å². The summed E-state index contributed by atoms with van der Waals surface area (Å²) in [6.07, 6.45) is 1.93. The van der Waals surface area contributed by atoms with Gasteiger partial charge in [-0.2, -0.15) is 0 Å². The number of benzene rings is 1. The van der Waals surface area contributed by atoms with Gasteiger partial charge in [-0.25, -0.2) is 4.99 Å². The SMILES string of the molecule is COc1c(CO[Si](C)(C)C(C)(C)C)cc(C(C)(C)C)cc1N=CC=O. The van der Waals surface area contributed by atoms with E-state index in [-0.39, 0.29) is 10.5 Å². The summed E-state index contributed by atoms with van der Waals surface area (Å²) in [7, 11) is -0.253. The molecular formula is C20H33NO3Si. The molecule has 1 aromatic carbocycles. The van der Waals surface area contributed by atoms with Gasteiger partial charge in [0, 0.05) is 5.56 Å². The lowest BCUT2D eigenvalue weighted by atomic mass is 9.85. The predicted molar refractivity (Wildman–Crippen MR) is 108 cm³/mol. The number of nitrogens with zero attached hydrogens (tertiary/aromatic N) is 1. The van der Waals surface area contributed by atoms with Crippen LogP contribution in [-0.4, -0.2) is 27.9 Å². The van der Waals surface area contributed by atoms with E-state index in [1.807, 2.05) is 6.07 Å². The van der Waals surface area contributed by atoms with Crippen LogP contribution in [0.1, 0.15) is 52.7 Å². The summed E-state index contributed by atoms with van der Waals surface area (Å²) in [5, 5.41) is 0.139. The van der Waals surface area contributed by atoms with E-state index in [0.717, 1.165) is 11.1 Å². The molecule has 0 atom stereocenters. The molecule has 0 aliphatic rings. The first kappa shape index (κ1) is 21.6. The first-order valence-electron chi connectivity index (χ1n) is 8.66. The zero-order chi connectivity index (χ0) is 19.5. The molecule has 0 unspecified atom stereocenters. The molecule has 0 bridgehead atoms. The second-order valence-electron chi connectivity index (χ2n) is 8.90. The highest BCUT2D eigenvalue weighted by Crippen LogP contribution is 2.40. The van der Waals surface area contributed by atoms with Crippen molar-refractivity contribution < 1.29 is 14.0 Å². The molecule has 0 heterocycles. The molecular weight excluding hydrogens is 330 g/mol. The van der Waals surface area contributed by atoms with Crippen molar-refractivity contribution in [3.05, 3.63) is 23.3 Å². The first-order valence-corrected chi connectivity index (χ1v) is 11.6. The Balaban J connectivity index is 3.36. The van der Waals surface area contributed by atoms with Crippen molar-refractivity contribution in [1.82, 2.24) is 0 Å². The molecule has 25 heavy (non-hydrogen) atoms. The molecule has 0 saturated carbocycles. The molecule has 0 aliphatic heterocycles. The van der Waals surface area contributed by atoms with Crippen molar-refractivity contribution in [2.45, 2.75) is 71.7 Å². The molecule has 0 saturated heterocycles. The number of ether oxygens (including phenoxy) is 1. The number of aldehydes is 1. The van der Waals surface area contributed by atoms with Crippen LogP contribution in [-0.2, 0) is 21.2 Å². The number of carbonyl (C=O) groups is 1. The van der Waals surface area contributed by atoms with Crippen molar-refractivity contribution in [2.24, 2.45) is 4.99 Å². The number of rotatable bonds is 6. The van der Waals surface area contributed by atoms with Gasteiger partial charge in [0.05, 0.1) is 19.9 Å². The largest absolute Gasteiger partial charge is 0.494 e. The maximum absolute atomic E-state index is 10.7. The normalized spacial score (nSPS) is 13.3. The van der Waals surface area contributed by atoms with E-state index in [4.69, 9.17) is 9.16 Å². The fraction of sp³-hybridized carbons (Fsp3) is 0.600. The van der Waals surface area contributed by atoms with Crippen LogP contribution in [0.15, 0.2) is 17.1 Å². The van der Waals surface area contributed by atoms with Crippen LogP contribution in [0.5, 0.6) is 5.75 Å². The van der Waals surface area contributed by atoms with Crippen molar-refractivity contribution in [2.75, 3.05) is 7.11 Å². The second kappa shape index (κ2) is 7.83. The molecule has 140 valence electrons. The van der Waals surface area contributed by atoms with Gasteiger partial charge in [0.1, 0.15) is 11.4 Å². The third-order valence-electron chi connectivity index (χ3n) is 4.89. The monoisotopic (exact) mass is 363 g/mol. The predicted octanol–water partition coefficient (Wildman–Crippen LogP) is 5.42. The van der Waals surface area contributed by atoms with Gasteiger partial charge in [-0.15, -0.1) is 0 Å². The highest BCUT2D eigenvalue weighted by Gasteiger charge is 2.37. The number of hydrogen-bond donors (Lipinski definition) is 0. The average molecular weight is 364 g/mol. The van der Waals surface area contributed by atoms with Gasteiger partial charge in [-0.05, 0) is 41.2 Å². The van der Waals surface area contributed by atoms with E-state index in [2.05, 4.69) is 65.7 Å². The van der Waals surface area contributed by atoms with Gasteiger partial charge < -0.3 is 9.16 Å². The van der Waals surface area contributed by atoms with E-state index >= 15 is 0 Å². The molecule has 4 nitrogen and oxygen atoms in total. The Morgan fingerprint density at radius 1 is 1.12 bits per heavy atom. The quantitative estimate of drug-likeness (QED) is 0.385. The van der Waals surface area contributed by atoms with Crippen LogP contribution < -0.4 is 4.74 Å². The van der Waals surface area contributed by atoms with Crippen molar-refractivity contribution in [3.8, 4) is 5.75 Å². The lowest BCUT2D eigenvalue weighted by Gasteiger charge is -2.36. The molecule has 0 spiro atoms. The summed E-state index contributed by atoms with van der Waals surface area (Å²) in [6, 6.07) is 4.11. The molecule has 0 aromatic heterocycles. The van der Waals surface area contributed by atoms with Crippen LogP contribution >= 0.6 is 0 Å². The van der Waals surface area contributed by atoms with Gasteiger partial charge in [-0.3, -0.25) is 4.79 Å². The van der Waals surface area contributed by atoms with Crippen LogP contribution in [0.4, 0.5) is 5.69 Å². The smallest absolute Gasteiger partial charge is 0.192 e. The van der Waals surface area contributed by atoms with Gasteiger partial charge in [-0.1, -0.05) is 41.5 Å². The molecule has 0 fully saturated rings. The number of aliphatic imine (C=N–C) groups is 1. The number of hydrogen-bond acceptors (Lipinski definition) is 4. The first-order chi connectivity index (χ1) is 11.3. The molecule has 5 heteroatoms. The van der Waals surface area contributed by atoms with Crippen molar-refractivity contribution >= 4 is 26.5 Å². The Kier molecular flexibility index (Phi) is 6.76. The minimum Gasteiger partial charge on any atom is -0.494 e. The average Bonchev–Trinajstić information content (AvgIpc) is 2.48. The fourth-order valence-corrected chi connectivity index (χ4v) is 3.08. The Morgan fingerprint density at radius 3 is 2.16 bits per heavy atom. The number of methoxy groups -OCH3 is 1. The van der Waals surface area contributed by atoms with Crippen LogP contribution in [0.25, 0.3) is 0 Å². The lowest BCUT2D eigenvalue weighted by Crippen LogP contribution is -2.40. The minimum atomic E-state index is -1.88. The fourth-order valence-electron chi connectivity index (χ4n) is 2.13. The standard InChI is InChI=1S/C20H33NO3Si/c1-19(2,3)16-12-15(14-24-25(8,9)20(4,5)6)18(23-7)17(13-16)21-10-11-22/h10-13H,14H2,1-9H3. The summed E-state index contributed by atoms with van der Waals surface area (Å²) in [4.78, 5) is 15.0. The molecule has 1 rings (SSSR count). The zero-order valence-corrected chi connectivity index (χ0v) is 18.2. The Labute approximate surface area is 153 Å². The van der Waals surface area contributed by atoms with Crippen LogP contribution in [0.2, 0.25) is 18.1 Å². The van der Waals surface area contributed by atoms with E-state index < -0.39 is 8.32 Å². The highest BCUT2D eigenvalue weighted by molar-refractivity contribution is 6.74. The molecule has 0 N–H and O–H groups in total. The Morgan fingerprint density at radius 2 is 1.72 bits per heavy atom. The summed E-state index contributed by atoms with van der Waals surface area (Å²) in [5.41, 5.74) is 2.73. The molecule has 1 aromatic rings. The number of carbonyl (C=O) groups excluding carboxylic acids is 1. The maximum atomic E-state index is 10.7. The zero-order valence-electron chi connectivity index (χ0n) is 17.2. The third kappa shape index (κ3) is 5.51. The van der Waals surface area contributed by atoms with E-state index in [0.29, 0.717) is 24.3 Å². The van der Waals surface area contributed by atoms with E-state index in [1.54, 1.807) is 7.11 Å². The van der Waals surface area contributed by atoms with Gasteiger partial charge in [0.2, 0.25) is 0 Å². The second-order valence-corrected chi connectivity index (χ2v) is 13.7. The summed E-state index contributed by atoms with van der Waals surface area (Å²) in [5.74, 6) is 0.671. The summed E-state index contributed by atoms with van der Waals surface area (Å²) in [6.45, 7) is 18.1. The van der Waals surface area contributed by atoms with Gasteiger partial charge >= 0.3 is 0 Å². The Bertz CT molecular complexity index is 638. The molecule has 0 radical (unpaired) electrons.